The zero-order valence-electron chi connectivity index (χ0n) is 11.0. The van der Waals surface area contributed by atoms with Crippen LogP contribution in [0.4, 0.5) is 5.95 Å². The molecule has 2 rings (SSSR count). The van der Waals surface area contributed by atoms with Crippen LogP contribution in [0.3, 0.4) is 0 Å². The Hall–Kier alpha value is -2.24. The number of benzene rings is 1. The summed E-state index contributed by atoms with van der Waals surface area (Å²) in [6, 6.07) is 7.59. The summed E-state index contributed by atoms with van der Waals surface area (Å²) in [4.78, 5) is 17.3. The van der Waals surface area contributed by atoms with Gasteiger partial charge in [0.15, 0.2) is 0 Å². The molecule has 0 aliphatic carbocycles. The SMILES string of the molecule is COC(=O)CCCN(C)c1nnc2ccccc2n1. The molecule has 0 radical (unpaired) electrons. The fraction of sp³-hybridized carbons (Fsp3) is 0.385. The number of ether oxygens (including phenoxy) is 1. The van der Waals surface area contributed by atoms with Gasteiger partial charge >= 0.3 is 5.97 Å². The average molecular weight is 260 g/mol. The van der Waals surface area contributed by atoms with Crippen LogP contribution in [0.1, 0.15) is 12.8 Å². The Kier molecular flexibility index (Phi) is 4.22. The third-order valence-corrected chi connectivity index (χ3v) is 2.79. The first-order valence-corrected chi connectivity index (χ1v) is 6.08. The third-order valence-electron chi connectivity index (χ3n) is 2.79. The molecule has 19 heavy (non-hydrogen) atoms. The minimum atomic E-state index is -0.203. The number of nitrogens with zero attached hydrogens (tertiary/aromatic N) is 4. The van der Waals surface area contributed by atoms with Crippen LogP contribution in [-0.2, 0) is 9.53 Å². The van der Waals surface area contributed by atoms with Crippen LogP contribution in [0.2, 0.25) is 0 Å². The van der Waals surface area contributed by atoms with Crippen LogP contribution in [0.15, 0.2) is 24.3 Å². The summed E-state index contributed by atoms with van der Waals surface area (Å²) in [7, 11) is 3.27. The quantitative estimate of drug-likeness (QED) is 0.757. The van der Waals surface area contributed by atoms with Crippen molar-refractivity contribution in [1.29, 1.82) is 0 Å². The second-order valence-corrected chi connectivity index (χ2v) is 4.20. The second kappa shape index (κ2) is 6.08. The van der Waals surface area contributed by atoms with E-state index in [9.17, 15) is 4.79 Å². The number of aromatic nitrogens is 3. The minimum Gasteiger partial charge on any atom is -0.469 e. The number of para-hydroxylation sites is 1. The highest BCUT2D eigenvalue weighted by Crippen LogP contribution is 2.11. The maximum absolute atomic E-state index is 11.0. The summed E-state index contributed by atoms with van der Waals surface area (Å²) in [5.41, 5.74) is 1.58. The number of methoxy groups -OCH3 is 1. The predicted molar refractivity (Wildman–Crippen MR) is 71.9 cm³/mol. The Morgan fingerprint density at radius 1 is 1.26 bits per heavy atom. The minimum absolute atomic E-state index is 0.203. The predicted octanol–water partition coefficient (Wildman–Crippen LogP) is 1.41. The van der Waals surface area contributed by atoms with Gasteiger partial charge in [-0.15, -0.1) is 10.2 Å². The number of carbonyl (C=O) groups is 1. The molecular formula is C13H16N4O2. The normalized spacial score (nSPS) is 10.4. The molecule has 6 heteroatoms. The number of fused-ring (bicyclic) bond motifs is 1. The highest BCUT2D eigenvalue weighted by Gasteiger charge is 2.07. The average Bonchev–Trinajstić information content (AvgIpc) is 2.46. The molecule has 100 valence electrons. The lowest BCUT2D eigenvalue weighted by Crippen LogP contribution is -2.22. The highest BCUT2D eigenvalue weighted by molar-refractivity contribution is 5.74. The molecule has 0 atom stereocenters. The Bertz CT molecular complexity index is 573. The molecule has 0 unspecified atom stereocenters. The van der Waals surface area contributed by atoms with E-state index in [0.717, 1.165) is 11.0 Å². The number of rotatable bonds is 5. The first kappa shape index (κ1) is 13.2. The van der Waals surface area contributed by atoms with E-state index in [1.165, 1.54) is 7.11 Å². The highest BCUT2D eigenvalue weighted by atomic mass is 16.5. The fourth-order valence-electron chi connectivity index (χ4n) is 1.70. The Balaban J connectivity index is 2.00. The summed E-state index contributed by atoms with van der Waals surface area (Å²) in [6.07, 6.45) is 1.08. The Morgan fingerprint density at radius 3 is 2.74 bits per heavy atom. The zero-order valence-corrected chi connectivity index (χ0v) is 11.0. The molecule has 6 nitrogen and oxygen atoms in total. The van der Waals surface area contributed by atoms with E-state index in [4.69, 9.17) is 0 Å². The van der Waals surface area contributed by atoms with E-state index in [-0.39, 0.29) is 5.97 Å². The first-order valence-electron chi connectivity index (χ1n) is 6.08. The summed E-state index contributed by atoms with van der Waals surface area (Å²) in [6.45, 7) is 0.676. The van der Waals surface area contributed by atoms with E-state index in [1.807, 2.05) is 36.2 Å². The smallest absolute Gasteiger partial charge is 0.305 e. The molecule has 0 N–H and O–H groups in total. The molecule has 0 aliphatic rings. The van der Waals surface area contributed by atoms with Gasteiger partial charge in [-0.25, -0.2) is 4.98 Å². The van der Waals surface area contributed by atoms with Gasteiger partial charge in [0, 0.05) is 20.0 Å². The first-order chi connectivity index (χ1) is 9.20. The molecule has 0 saturated carbocycles. The molecule has 0 spiro atoms. The molecule has 2 aromatic rings. The van der Waals surface area contributed by atoms with E-state index in [0.29, 0.717) is 25.3 Å². The summed E-state index contributed by atoms with van der Waals surface area (Å²) < 4.78 is 4.59. The number of carbonyl (C=O) groups excluding carboxylic acids is 1. The van der Waals surface area contributed by atoms with Crippen molar-refractivity contribution in [2.24, 2.45) is 0 Å². The lowest BCUT2D eigenvalue weighted by molar-refractivity contribution is -0.140. The van der Waals surface area contributed by atoms with Crippen molar-refractivity contribution in [2.45, 2.75) is 12.8 Å². The molecule has 0 aliphatic heterocycles. The van der Waals surface area contributed by atoms with Crippen LogP contribution >= 0.6 is 0 Å². The Morgan fingerprint density at radius 2 is 2.00 bits per heavy atom. The topological polar surface area (TPSA) is 68.2 Å². The second-order valence-electron chi connectivity index (χ2n) is 4.20. The zero-order chi connectivity index (χ0) is 13.7. The largest absolute Gasteiger partial charge is 0.469 e. The van der Waals surface area contributed by atoms with Gasteiger partial charge in [0.05, 0.1) is 12.6 Å². The summed E-state index contributed by atoms with van der Waals surface area (Å²) >= 11 is 0. The van der Waals surface area contributed by atoms with Crippen molar-refractivity contribution in [3.63, 3.8) is 0 Å². The maximum atomic E-state index is 11.0. The van der Waals surface area contributed by atoms with Crippen molar-refractivity contribution in [1.82, 2.24) is 15.2 Å². The van der Waals surface area contributed by atoms with Gasteiger partial charge in [-0.3, -0.25) is 4.79 Å². The molecule has 1 aromatic carbocycles. The Labute approximate surface area is 111 Å². The van der Waals surface area contributed by atoms with Crippen LogP contribution < -0.4 is 4.90 Å². The molecule has 0 saturated heterocycles. The molecular weight excluding hydrogens is 244 g/mol. The van der Waals surface area contributed by atoms with E-state index in [1.54, 1.807) is 0 Å². The van der Waals surface area contributed by atoms with E-state index in [2.05, 4.69) is 19.9 Å². The fourth-order valence-corrected chi connectivity index (χ4v) is 1.70. The summed E-state index contributed by atoms with van der Waals surface area (Å²) in [5, 5.41) is 8.19. The molecule has 0 fully saturated rings. The lowest BCUT2D eigenvalue weighted by Gasteiger charge is -2.15. The van der Waals surface area contributed by atoms with Gasteiger partial charge in [0.1, 0.15) is 5.52 Å². The van der Waals surface area contributed by atoms with Crippen LogP contribution in [-0.4, -0.2) is 41.9 Å². The number of hydrogen-bond acceptors (Lipinski definition) is 6. The van der Waals surface area contributed by atoms with Gasteiger partial charge in [0.25, 0.3) is 0 Å². The standard InChI is InChI=1S/C13H16N4O2/c1-17(9-5-8-12(18)19-2)13-14-10-6-3-4-7-11(10)15-16-13/h3-4,6-7H,5,8-9H2,1-2H3. The number of esters is 1. The van der Waals surface area contributed by atoms with Crippen molar-refractivity contribution in [3.8, 4) is 0 Å². The van der Waals surface area contributed by atoms with Crippen LogP contribution in [0, 0.1) is 0 Å². The van der Waals surface area contributed by atoms with Gasteiger partial charge in [-0.1, -0.05) is 12.1 Å². The number of hydrogen-bond donors (Lipinski definition) is 0. The van der Waals surface area contributed by atoms with Crippen molar-refractivity contribution >= 4 is 23.0 Å². The van der Waals surface area contributed by atoms with Crippen LogP contribution in [0.25, 0.3) is 11.0 Å². The van der Waals surface area contributed by atoms with Crippen molar-refractivity contribution < 1.29 is 9.53 Å². The third kappa shape index (κ3) is 3.37. The lowest BCUT2D eigenvalue weighted by atomic mass is 10.3. The summed E-state index contributed by atoms with van der Waals surface area (Å²) in [5.74, 6) is 0.356. The monoisotopic (exact) mass is 260 g/mol. The molecule has 0 amide bonds. The molecule has 1 heterocycles. The van der Waals surface area contributed by atoms with Crippen molar-refractivity contribution in [2.75, 3.05) is 25.6 Å². The van der Waals surface area contributed by atoms with Gasteiger partial charge in [-0.2, -0.15) is 0 Å². The van der Waals surface area contributed by atoms with E-state index >= 15 is 0 Å². The number of anilines is 1. The molecule has 1 aromatic heterocycles. The van der Waals surface area contributed by atoms with Crippen LogP contribution in [0.5, 0.6) is 0 Å². The van der Waals surface area contributed by atoms with Gasteiger partial charge in [-0.05, 0) is 18.6 Å². The van der Waals surface area contributed by atoms with Gasteiger partial charge < -0.3 is 9.64 Å². The van der Waals surface area contributed by atoms with E-state index < -0.39 is 0 Å². The van der Waals surface area contributed by atoms with Gasteiger partial charge in [0.2, 0.25) is 5.95 Å². The molecule has 0 bridgehead atoms. The van der Waals surface area contributed by atoms with Crippen molar-refractivity contribution in [3.05, 3.63) is 24.3 Å². The maximum Gasteiger partial charge on any atom is 0.305 e.